The maximum atomic E-state index is 12.2. The van der Waals surface area contributed by atoms with Crippen LogP contribution in [0, 0.1) is 0 Å². The third-order valence-corrected chi connectivity index (χ3v) is 5.66. The first-order chi connectivity index (χ1) is 11.5. The first-order valence-electron chi connectivity index (χ1n) is 8.42. The van der Waals surface area contributed by atoms with Gasteiger partial charge < -0.3 is 10.1 Å². The standard InChI is InChI=1S/C17H26N2O4S/c1-23-13-5-12-18-24(21,22)16-10-8-14(9-11-16)17(20)19-15-6-3-2-4-7-15/h8-11,15,18H,2-7,12-13H2,1H3,(H,19,20). The molecule has 1 amide bonds. The Bertz CT molecular complexity index is 622. The number of benzene rings is 1. The molecular formula is C17H26N2O4S. The summed E-state index contributed by atoms with van der Waals surface area (Å²) in [5.41, 5.74) is 0.485. The van der Waals surface area contributed by atoms with Gasteiger partial charge in [-0.2, -0.15) is 0 Å². The Kier molecular flexibility index (Phi) is 7.20. The summed E-state index contributed by atoms with van der Waals surface area (Å²) >= 11 is 0. The zero-order valence-corrected chi connectivity index (χ0v) is 14.9. The number of amides is 1. The number of rotatable bonds is 8. The molecule has 7 heteroatoms. The fourth-order valence-electron chi connectivity index (χ4n) is 2.81. The van der Waals surface area contributed by atoms with Gasteiger partial charge in [-0.05, 0) is 43.5 Å². The van der Waals surface area contributed by atoms with Gasteiger partial charge in [0.2, 0.25) is 10.0 Å². The van der Waals surface area contributed by atoms with Gasteiger partial charge in [-0.25, -0.2) is 13.1 Å². The molecule has 0 bridgehead atoms. The van der Waals surface area contributed by atoms with Crippen molar-refractivity contribution < 1.29 is 17.9 Å². The van der Waals surface area contributed by atoms with Gasteiger partial charge in [-0.15, -0.1) is 0 Å². The lowest BCUT2D eigenvalue weighted by Gasteiger charge is -2.22. The van der Waals surface area contributed by atoms with Crippen LogP contribution >= 0.6 is 0 Å². The van der Waals surface area contributed by atoms with Crippen LogP contribution in [-0.4, -0.2) is 40.6 Å². The van der Waals surface area contributed by atoms with Gasteiger partial charge in [0.05, 0.1) is 4.90 Å². The van der Waals surface area contributed by atoms with Crippen LogP contribution in [0.3, 0.4) is 0 Å². The Morgan fingerprint density at radius 1 is 1.17 bits per heavy atom. The Hall–Kier alpha value is -1.44. The highest BCUT2D eigenvalue weighted by Crippen LogP contribution is 2.18. The fraction of sp³-hybridized carbons (Fsp3) is 0.588. The van der Waals surface area contributed by atoms with Gasteiger partial charge in [0, 0.05) is 31.9 Å². The number of sulfonamides is 1. The van der Waals surface area contributed by atoms with Crippen LogP contribution in [-0.2, 0) is 14.8 Å². The van der Waals surface area contributed by atoms with E-state index >= 15 is 0 Å². The normalized spacial score (nSPS) is 16.0. The van der Waals surface area contributed by atoms with Crippen LogP contribution in [0.5, 0.6) is 0 Å². The molecule has 1 aliphatic carbocycles. The third-order valence-electron chi connectivity index (χ3n) is 4.18. The summed E-state index contributed by atoms with van der Waals surface area (Å²) in [5, 5.41) is 3.02. The summed E-state index contributed by atoms with van der Waals surface area (Å²) < 4.78 is 31.7. The van der Waals surface area contributed by atoms with Crippen molar-refractivity contribution in [3.63, 3.8) is 0 Å². The van der Waals surface area contributed by atoms with Gasteiger partial charge in [-0.1, -0.05) is 19.3 Å². The van der Waals surface area contributed by atoms with Gasteiger partial charge in [0.25, 0.3) is 5.91 Å². The van der Waals surface area contributed by atoms with E-state index < -0.39 is 10.0 Å². The number of nitrogens with one attached hydrogen (secondary N) is 2. The lowest BCUT2D eigenvalue weighted by Crippen LogP contribution is -2.36. The molecule has 1 aromatic carbocycles. The van der Waals surface area contributed by atoms with Crippen molar-refractivity contribution >= 4 is 15.9 Å². The summed E-state index contributed by atoms with van der Waals surface area (Å²) in [5.74, 6) is -0.140. The molecule has 134 valence electrons. The number of carbonyl (C=O) groups is 1. The predicted molar refractivity (Wildman–Crippen MR) is 92.5 cm³/mol. The number of hydrogen-bond donors (Lipinski definition) is 2. The van der Waals surface area contributed by atoms with Gasteiger partial charge in [0.1, 0.15) is 0 Å². The van der Waals surface area contributed by atoms with Crippen molar-refractivity contribution in [2.24, 2.45) is 0 Å². The van der Waals surface area contributed by atoms with Crippen LogP contribution < -0.4 is 10.0 Å². The average molecular weight is 354 g/mol. The highest BCUT2D eigenvalue weighted by molar-refractivity contribution is 7.89. The second-order valence-electron chi connectivity index (χ2n) is 6.08. The van der Waals surface area contributed by atoms with Crippen LogP contribution in [0.1, 0.15) is 48.9 Å². The predicted octanol–water partition coefficient (Wildman–Crippen LogP) is 2.06. The van der Waals surface area contributed by atoms with E-state index in [1.54, 1.807) is 19.2 Å². The van der Waals surface area contributed by atoms with E-state index in [1.165, 1.54) is 18.6 Å². The average Bonchev–Trinajstić information content (AvgIpc) is 2.60. The Balaban J connectivity index is 1.92. The van der Waals surface area contributed by atoms with E-state index in [0.717, 1.165) is 25.7 Å². The minimum absolute atomic E-state index is 0.140. The van der Waals surface area contributed by atoms with E-state index in [9.17, 15) is 13.2 Å². The van der Waals surface area contributed by atoms with Crippen molar-refractivity contribution in [3.05, 3.63) is 29.8 Å². The van der Waals surface area contributed by atoms with Crippen molar-refractivity contribution in [2.45, 2.75) is 49.5 Å². The fourth-order valence-corrected chi connectivity index (χ4v) is 3.88. The lowest BCUT2D eigenvalue weighted by molar-refractivity contribution is 0.0927. The first kappa shape index (κ1) is 18.9. The van der Waals surface area contributed by atoms with Gasteiger partial charge >= 0.3 is 0 Å². The molecule has 0 radical (unpaired) electrons. The largest absolute Gasteiger partial charge is 0.385 e. The summed E-state index contributed by atoms with van der Waals surface area (Å²) in [6.45, 7) is 0.822. The molecule has 6 nitrogen and oxygen atoms in total. The Morgan fingerprint density at radius 2 is 1.83 bits per heavy atom. The molecule has 1 saturated carbocycles. The van der Waals surface area contributed by atoms with Crippen molar-refractivity contribution in [2.75, 3.05) is 20.3 Å². The Morgan fingerprint density at radius 3 is 2.46 bits per heavy atom. The van der Waals surface area contributed by atoms with Crippen LogP contribution in [0.4, 0.5) is 0 Å². The summed E-state index contributed by atoms with van der Waals surface area (Å²) in [6.07, 6.45) is 6.18. The maximum absolute atomic E-state index is 12.2. The quantitative estimate of drug-likeness (QED) is 0.700. The van der Waals surface area contributed by atoms with Crippen molar-refractivity contribution in [3.8, 4) is 0 Å². The second kappa shape index (κ2) is 9.15. The molecule has 2 rings (SSSR count). The molecule has 0 saturated heterocycles. The number of ether oxygens (including phenoxy) is 1. The lowest BCUT2D eigenvalue weighted by atomic mass is 9.95. The molecule has 0 heterocycles. The smallest absolute Gasteiger partial charge is 0.251 e. The Labute approximate surface area is 144 Å². The minimum Gasteiger partial charge on any atom is -0.385 e. The zero-order valence-electron chi connectivity index (χ0n) is 14.1. The molecule has 0 aliphatic heterocycles. The molecule has 0 spiro atoms. The molecule has 0 aromatic heterocycles. The van der Waals surface area contributed by atoms with Crippen LogP contribution in [0.15, 0.2) is 29.2 Å². The number of carbonyl (C=O) groups excluding carboxylic acids is 1. The number of hydrogen-bond acceptors (Lipinski definition) is 4. The van der Waals surface area contributed by atoms with Gasteiger partial charge in [0.15, 0.2) is 0 Å². The second-order valence-corrected chi connectivity index (χ2v) is 7.84. The summed E-state index contributed by atoms with van der Waals surface area (Å²) in [6, 6.07) is 6.28. The summed E-state index contributed by atoms with van der Waals surface area (Å²) in [7, 11) is -1.97. The first-order valence-corrected chi connectivity index (χ1v) is 9.91. The van der Waals surface area contributed by atoms with Crippen molar-refractivity contribution in [1.29, 1.82) is 0 Å². The molecule has 2 N–H and O–H groups in total. The van der Waals surface area contributed by atoms with Crippen molar-refractivity contribution in [1.82, 2.24) is 10.0 Å². The molecule has 0 unspecified atom stereocenters. The molecule has 1 aliphatic rings. The minimum atomic E-state index is -3.55. The maximum Gasteiger partial charge on any atom is 0.251 e. The third kappa shape index (κ3) is 5.58. The molecule has 24 heavy (non-hydrogen) atoms. The van der Waals surface area contributed by atoms with E-state index in [2.05, 4.69) is 10.0 Å². The zero-order chi connectivity index (χ0) is 17.4. The van der Waals surface area contributed by atoms with Gasteiger partial charge in [-0.3, -0.25) is 4.79 Å². The monoisotopic (exact) mass is 354 g/mol. The molecule has 0 atom stereocenters. The van der Waals surface area contributed by atoms with E-state index in [1.807, 2.05) is 0 Å². The molecular weight excluding hydrogens is 328 g/mol. The van der Waals surface area contributed by atoms with E-state index in [0.29, 0.717) is 25.1 Å². The molecule has 1 aromatic rings. The highest BCUT2D eigenvalue weighted by atomic mass is 32.2. The highest BCUT2D eigenvalue weighted by Gasteiger charge is 2.18. The molecule has 1 fully saturated rings. The topological polar surface area (TPSA) is 84.5 Å². The van der Waals surface area contributed by atoms with Crippen LogP contribution in [0.2, 0.25) is 0 Å². The van der Waals surface area contributed by atoms with E-state index in [-0.39, 0.29) is 16.8 Å². The number of methoxy groups -OCH3 is 1. The SMILES string of the molecule is COCCCNS(=O)(=O)c1ccc(C(=O)NC2CCCCC2)cc1. The van der Waals surface area contributed by atoms with E-state index in [4.69, 9.17) is 4.74 Å². The van der Waals surface area contributed by atoms with Crippen LogP contribution in [0.25, 0.3) is 0 Å². The summed E-state index contributed by atoms with van der Waals surface area (Å²) in [4.78, 5) is 12.4.